The lowest BCUT2D eigenvalue weighted by Gasteiger charge is -2.16. The number of aliphatic hydroxyl groups is 1. The third-order valence-corrected chi connectivity index (χ3v) is 3.54. The predicted molar refractivity (Wildman–Crippen MR) is 74.0 cm³/mol. The summed E-state index contributed by atoms with van der Waals surface area (Å²) >= 11 is 0. The molecular formula is C16H20FNO. The summed E-state index contributed by atoms with van der Waals surface area (Å²) in [6, 6.07) is 4.84. The first-order valence-electron chi connectivity index (χ1n) is 6.66. The lowest BCUT2D eigenvalue weighted by atomic mass is 10.1. The maximum atomic E-state index is 13.5. The van der Waals surface area contributed by atoms with Crippen LogP contribution in [0.25, 0.3) is 0 Å². The van der Waals surface area contributed by atoms with Gasteiger partial charge >= 0.3 is 0 Å². The van der Waals surface area contributed by atoms with E-state index in [2.05, 4.69) is 30.7 Å². The highest BCUT2D eigenvalue weighted by atomic mass is 19.1. The number of rotatable bonds is 4. The number of benzene rings is 1. The average Bonchev–Trinajstić information content (AvgIpc) is 3.01. The molecule has 1 fully saturated rings. The van der Waals surface area contributed by atoms with Gasteiger partial charge in [0.1, 0.15) is 12.4 Å². The van der Waals surface area contributed by atoms with E-state index in [1.807, 2.05) is 6.07 Å². The Morgan fingerprint density at radius 3 is 2.79 bits per heavy atom. The minimum Gasteiger partial charge on any atom is -0.384 e. The Bertz CT molecular complexity index is 503. The molecule has 1 N–H and O–H groups in total. The molecule has 0 spiro atoms. The van der Waals surface area contributed by atoms with Crippen molar-refractivity contribution < 1.29 is 9.50 Å². The maximum Gasteiger partial charge on any atom is 0.124 e. The topological polar surface area (TPSA) is 23.5 Å². The van der Waals surface area contributed by atoms with Crippen LogP contribution < -0.4 is 0 Å². The number of hydrogen-bond donors (Lipinski definition) is 1. The van der Waals surface area contributed by atoms with Gasteiger partial charge in [-0.2, -0.15) is 0 Å². The molecule has 1 aliphatic carbocycles. The van der Waals surface area contributed by atoms with Gasteiger partial charge in [0.2, 0.25) is 0 Å². The van der Waals surface area contributed by atoms with Crippen LogP contribution in [0.15, 0.2) is 18.2 Å². The Morgan fingerprint density at radius 1 is 1.42 bits per heavy atom. The molecule has 1 aliphatic rings. The van der Waals surface area contributed by atoms with Gasteiger partial charge in [0.25, 0.3) is 0 Å². The fourth-order valence-corrected chi connectivity index (χ4v) is 2.39. The number of nitrogens with zero attached hydrogens (tertiary/aromatic N) is 1. The number of aliphatic hydroxyl groups excluding tert-OH is 1. The molecule has 1 aromatic rings. The third kappa shape index (κ3) is 4.34. The quantitative estimate of drug-likeness (QED) is 0.840. The molecule has 0 radical (unpaired) electrons. The highest BCUT2D eigenvalue weighted by molar-refractivity contribution is 5.37. The molecule has 2 atom stereocenters. The van der Waals surface area contributed by atoms with Crippen molar-refractivity contribution in [3.05, 3.63) is 35.1 Å². The first-order valence-corrected chi connectivity index (χ1v) is 6.66. The molecule has 19 heavy (non-hydrogen) atoms. The minimum atomic E-state index is -0.270. The standard InChI is InChI=1S/C16H20FNO/c1-12-6-15(12)11-18(2)10-14-7-13(4-3-5-19)8-16(17)9-14/h7-9,12,15,19H,5-6,10-11H2,1-2H3. The van der Waals surface area contributed by atoms with Gasteiger partial charge in [-0.3, -0.25) is 0 Å². The molecule has 0 aromatic heterocycles. The van der Waals surface area contributed by atoms with Crippen molar-refractivity contribution in [3.63, 3.8) is 0 Å². The molecule has 0 amide bonds. The number of halogens is 1. The highest BCUT2D eigenvalue weighted by Crippen LogP contribution is 2.38. The Labute approximate surface area is 114 Å². The van der Waals surface area contributed by atoms with Gasteiger partial charge < -0.3 is 10.0 Å². The van der Waals surface area contributed by atoms with E-state index in [0.29, 0.717) is 5.56 Å². The van der Waals surface area contributed by atoms with Crippen LogP contribution in [0.1, 0.15) is 24.5 Å². The molecule has 0 aliphatic heterocycles. The van der Waals surface area contributed by atoms with E-state index < -0.39 is 0 Å². The van der Waals surface area contributed by atoms with Crippen molar-refractivity contribution in [2.75, 3.05) is 20.2 Å². The van der Waals surface area contributed by atoms with Crippen LogP contribution in [-0.4, -0.2) is 30.2 Å². The van der Waals surface area contributed by atoms with Gasteiger partial charge in [-0.25, -0.2) is 4.39 Å². The summed E-state index contributed by atoms with van der Waals surface area (Å²) < 4.78 is 13.5. The van der Waals surface area contributed by atoms with Crippen molar-refractivity contribution in [2.45, 2.75) is 19.9 Å². The fraction of sp³-hybridized carbons (Fsp3) is 0.500. The number of hydrogen-bond acceptors (Lipinski definition) is 2. The SMILES string of the molecule is CC1CC1CN(C)Cc1cc(F)cc(C#CCO)c1. The van der Waals surface area contributed by atoms with Gasteiger partial charge in [-0.15, -0.1) is 0 Å². The van der Waals surface area contributed by atoms with Crippen LogP contribution in [0.5, 0.6) is 0 Å². The van der Waals surface area contributed by atoms with Crippen molar-refractivity contribution in [2.24, 2.45) is 11.8 Å². The molecule has 0 bridgehead atoms. The van der Waals surface area contributed by atoms with E-state index >= 15 is 0 Å². The predicted octanol–water partition coefficient (Wildman–Crippen LogP) is 2.26. The summed E-state index contributed by atoms with van der Waals surface area (Å²) in [7, 11) is 2.06. The summed E-state index contributed by atoms with van der Waals surface area (Å²) in [6.07, 6.45) is 1.31. The largest absolute Gasteiger partial charge is 0.384 e. The molecule has 1 aromatic carbocycles. The van der Waals surface area contributed by atoms with Crippen molar-refractivity contribution in [3.8, 4) is 11.8 Å². The monoisotopic (exact) mass is 261 g/mol. The van der Waals surface area contributed by atoms with Crippen molar-refractivity contribution in [1.82, 2.24) is 4.90 Å². The van der Waals surface area contributed by atoms with E-state index in [1.54, 1.807) is 6.07 Å². The molecule has 0 saturated heterocycles. The Hall–Kier alpha value is -1.37. The van der Waals surface area contributed by atoms with Gasteiger partial charge in [0.05, 0.1) is 0 Å². The van der Waals surface area contributed by atoms with Crippen LogP contribution in [-0.2, 0) is 6.54 Å². The van der Waals surface area contributed by atoms with E-state index in [1.165, 1.54) is 12.5 Å². The van der Waals surface area contributed by atoms with Crippen LogP contribution in [0.3, 0.4) is 0 Å². The van der Waals surface area contributed by atoms with Crippen LogP contribution >= 0.6 is 0 Å². The maximum absolute atomic E-state index is 13.5. The first-order chi connectivity index (χ1) is 9.08. The summed E-state index contributed by atoms with van der Waals surface area (Å²) in [5, 5.41) is 8.67. The first kappa shape index (κ1) is 14.0. The minimum absolute atomic E-state index is 0.203. The lowest BCUT2D eigenvalue weighted by molar-refractivity contribution is 0.307. The third-order valence-electron chi connectivity index (χ3n) is 3.54. The molecule has 1 saturated carbocycles. The normalized spacial score (nSPS) is 21.1. The Kier molecular flexibility index (Phi) is 4.57. The molecule has 3 heteroatoms. The van der Waals surface area contributed by atoms with Crippen molar-refractivity contribution >= 4 is 0 Å². The molecule has 2 rings (SSSR count). The lowest BCUT2D eigenvalue weighted by Crippen LogP contribution is -2.21. The van der Waals surface area contributed by atoms with Gasteiger partial charge in [0, 0.05) is 18.7 Å². The molecule has 2 unspecified atom stereocenters. The average molecular weight is 261 g/mol. The van der Waals surface area contributed by atoms with Gasteiger partial charge in [0.15, 0.2) is 0 Å². The van der Waals surface area contributed by atoms with Crippen LogP contribution in [0.2, 0.25) is 0 Å². The fourth-order valence-electron chi connectivity index (χ4n) is 2.39. The summed E-state index contributed by atoms with van der Waals surface area (Å²) in [4.78, 5) is 2.23. The van der Waals surface area contributed by atoms with Crippen LogP contribution in [0, 0.1) is 29.5 Å². The summed E-state index contributed by atoms with van der Waals surface area (Å²) in [6.45, 7) is 3.86. The van der Waals surface area contributed by atoms with E-state index in [0.717, 1.165) is 30.5 Å². The molecule has 102 valence electrons. The molecule has 2 nitrogen and oxygen atoms in total. The highest BCUT2D eigenvalue weighted by Gasteiger charge is 2.32. The molecule has 0 heterocycles. The van der Waals surface area contributed by atoms with E-state index in [4.69, 9.17) is 5.11 Å². The summed E-state index contributed by atoms with van der Waals surface area (Å²) in [5.41, 5.74) is 1.55. The second kappa shape index (κ2) is 6.18. The van der Waals surface area contributed by atoms with Crippen molar-refractivity contribution in [1.29, 1.82) is 0 Å². The Balaban J connectivity index is 2.00. The second-order valence-electron chi connectivity index (χ2n) is 5.48. The van der Waals surface area contributed by atoms with E-state index in [-0.39, 0.29) is 12.4 Å². The molecular weight excluding hydrogens is 241 g/mol. The van der Waals surface area contributed by atoms with Gasteiger partial charge in [-0.05, 0) is 49.1 Å². The zero-order valence-corrected chi connectivity index (χ0v) is 11.5. The Morgan fingerprint density at radius 2 is 2.16 bits per heavy atom. The summed E-state index contributed by atoms with van der Waals surface area (Å²) in [5.74, 6) is 6.66. The van der Waals surface area contributed by atoms with E-state index in [9.17, 15) is 4.39 Å². The van der Waals surface area contributed by atoms with Crippen LogP contribution in [0.4, 0.5) is 4.39 Å². The van der Waals surface area contributed by atoms with Gasteiger partial charge in [-0.1, -0.05) is 18.8 Å². The zero-order chi connectivity index (χ0) is 13.8. The smallest absolute Gasteiger partial charge is 0.124 e. The second-order valence-corrected chi connectivity index (χ2v) is 5.48. The zero-order valence-electron chi connectivity index (χ0n) is 11.5.